The van der Waals surface area contributed by atoms with E-state index >= 15 is 0 Å². The number of hydrogen-bond donors (Lipinski definition) is 0. The number of carbonyl (C=O) groups excluding carboxylic acids is 1. The van der Waals surface area contributed by atoms with Crippen molar-refractivity contribution in [3.63, 3.8) is 0 Å². The average molecular weight is 302 g/mol. The number of benzene rings is 1. The van der Waals surface area contributed by atoms with Crippen LogP contribution in [0.15, 0.2) is 24.3 Å². The molecule has 0 N–H and O–H groups in total. The monoisotopic (exact) mass is 302 g/mol. The molecule has 2 rings (SSSR count). The third kappa shape index (κ3) is 5.82. The second kappa shape index (κ2) is 9.66. The van der Waals surface area contributed by atoms with Crippen molar-refractivity contribution in [2.75, 3.05) is 6.61 Å². The van der Waals surface area contributed by atoms with Crippen LogP contribution in [0.5, 0.6) is 0 Å². The third-order valence-corrected chi connectivity index (χ3v) is 4.63. The van der Waals surface area contributed by atoms with Crippen molar-refractivity contribution in [3.8, 4) is 0 Å². The van der Waals surface area contributed by atoms with E-state index in [9.17, 15) is 4.79 Å². The Kier molecular flexibility index (Phi) is 7.48. The Hall–Kier alpha value is -1.31. The highest BCUT2D eigenvalue weighted by Gasteiger charge is 2.22. The molecule has 1 heterocycles. The van der Waals surface area contributed by atoms with Crippen LogP contribution in [0.4, 0.5) is 0 Å². The molecule has 1 atom stereocenters. The topological polar surface area (TPSA) is 26.3 Å². The first-order valence-corrected chi connectivity index (χ1v) is 9.04. The summed E-state index contributed by atoms with van der Waals surface area (Å²) in [4.78, 5) is 11.6. The largest absolute Gasteiger partial charge is 0.465 e. The fraction of sp³-hybridized carbons (Fsp3) is 0.650. The smallest absolute Gasteiger partial charge is 0.308 e. The van der Waals surface area contributed by atoms with Crippen LogP contribution in [0, 0.1) is 5.92 Å². The van der Waals surface area contributed by atoms with Gasteiger partial charge in [0, 0.05) is 0 Å². The zero-order valence-corrected chi connectivity index (χ0v) is 14.0. The molecular formula is C20H30O2. The number of aryl methyl sites for hydroxylation is 2. The molecule has 1 aliphatic heterocycles. The van der Waals surface area contributed by atoms with Crippen LogP contribution in [0.25, 0.3) is 0 Å². The van der Waals surface area contributed by atoms with Gasteiger partial charge in [-0.25, -0.2) is 0 Å². The summed E-state index contributed by atoms with van der Waals surface area (Å²) in [5, 5.41) is 0. The van der Waals surface area contributed by atoms with Crippen molar-refractivity contribution >= 4 is 5.97 Å². The van der Waals surface area contributed by atoms with Gasteiger partial charge < -0.3 is 4.74 Å². The van der Waals surface area contributed by atoms with Crippen LogP contribution in [0.3, 0.4) is 0 Å². The van der Waals surface area contributed by atoms with Crippen molar-refractivity contribution in [1.29, 1.82) is 0 Å². The number of ether oxygens (including phenoxy) is 1. The maximum Gasteiger partial charge on any atom is 0.308 e. The molecule has 2 heteroatoms. The molecule has 0 radical (unpaired) electrons. The van der Waals surface area contributed by atoms with E-state index in [-0.39, 0.29) is 11.9 Å². The van der Waals surface area contributed by atoms with E-state index in [1.807, 2.05) is 0 Å². The fourth-order valence-corrected chi connectivity index (χ4v) is 3.17. The Morgan fingerprint density at radius 3 is 2.23 bits per heavy atom. The average Bonchev–Trinajstić information content (AvgIpc) is 2.55. The van der Waals surface area contributed by atoms with Gasteiger partial charge >= 0.3 is 5.97 Å². The zero-order valence-electron chi connectivity index (χ0n) is 14.0. The molecule has 22 heavy (non-hydrogen) atoms. The molecule has 0 bridgehead atoms. The number of hydrogen-bond acceptors (Lipinski definition) is 2. The molecule has 1 aliphatic rings. The van der Waals surface area contributed by atoms with E-state index in [2.05, 4.69) is 31.2 Å². The van der Waals surface area contributed by atoms with Crippen molar-refractivity contribution in [1.82, 2.24) is 0 Å². The van der Waals surface area contributed by atoms with Gasteiger partial charge in [-0.2, -0.15) is 0 Å². The minimum absolute atomic E-state index is 0.0303. The maximum atomic E-state index is 11.6. The second-order valence-electron chi connectivity index (χ2n) is 6.53. The quantitative estimate of drug-likeness (QED) is 0.469. The summed E-state index contributed by atoms with van der Waals surface area (Å²) in [6.45, 7) is 2.87. The van der Waals surface area contributed by atoms with Gasteiger partial charge in [0.05, 0.1) is 12.5 Å². The number of esters is 1. The van der Waals surface area contributed by atoms with Crippen molar-refractivity contribution in [2.45, 2.75) is 71.1 Å². The predicted octanol–water partition coefficient (Wildman–Crippen LogP) is 5.09. The molecule has 1 unspecified atom stereocenters. The van der Waals surface area contributed by atoms with Crippen LogP contribution >= 0.6 is 0 Å². The first-order valence-electron chi connectivity index (χ1n) is 9.04. The van der Waals surface area contributed by atoms with Gasteiger partial charge in [0.15, 0.2) is 0 Å². The van der Waals surface area contributed by atoms with Crippen LogP contribution < -0.4 is 0 Å². The lowest BCUT2D eigenvalue weighted by molar-refractivity contribution is -0.153. The highest BCUT2D eigenvalue weighted by Crippen LogP contribution is 2.21. The summed E-state index contributed by atoms with van der Waals surface area (Å²) in [7, 11) is 0. The summed E-state index contributed by atoms with van der Waals surface area (Å²) in [5.41, 5.74) is 2.88. The van der Waals surface area contributed by atoms with Crippen LogP contribution in [-0.4, -0.2) is 12.6 Å². The molecule has 122 valence electrons. The highest BCUT2D eigenvalue weighted by molar-refractivity contribution is 5.72. The number of rotatable bonds is 9. The molecule has 1 fully saturated rings. The fourth-order valence-electron chi connectivity index (χ4n) is 3.17. The molecular weight excluding hydrogens is 272 g/mol. The van der Waals surface area contributed by atoms with Crippen molar-refractivity contribution < 1.29 is 9.53 Å². The minimum atomic E-state index is 0.0303. The van der Waals surface area contributed by atoms with E-state index in [1.165, 1.54) is 43.2 Å². The highest BCUT2D eigenvalue weighted by atomic mass is 16.5. The molecule has 0 aliphatic carbocycles. The van der Waals surface area contributed by atoms with Gasteiger partial charge in [0.2, 0.25) is 0 Å². The Morgan fingerprint density at radius 1 is 1.00 bits per heavy atom. The lowest BCUT2D eigenvalue weighted by atomic mass is 9.94. The van der Waals surface area contributed by atoms with Crippen molar-refractivity contribution in [2.24, 2.45) is 5.92 Å². The molecule has 1 saturated heterocycles. The van der Waals surface area contributed by atoms with Gasteiger partial charge in [-0.3, -0.25) is 4.79 Å². The standard InChI is InChI=1S/C20H30O2/c1-2-3-4-8-17-12-14-18(15-13-17)9-5-6-10-19-11-7-16-22-20(19)21/h12-15,19H,2-11,16H2,1H3. The lowest BCUT2D eigenvalue weighted by Crippen LogP contribution is -2.23. The molecule has 0 aromatic heterocycles. The van der Waals surface area contributed by atoms with Crippen molar-refractivity contribution in [3.05, 3.63) is 35.4 Å². The van der Waals surface area contributed by atoms with Gasteiger partial charge in [0.1, 0.15) is 0 Å². The summed E-state index contributed by atoms with van der Waals surface area (Å²) in [6, 6.07) is 9.11. The second-order valence-corrected chi connectivity index (χ2v) is 6.53. The van der Waals surface area contributed by atoms with Crippen LogP contribution in [0.1, 0.15) is 69.4 Å². The van der Waals surface area contributed by atoms with Gasteiger partial charge in [0.25, 0.3) is 0 Å². The van der Waals surface area contributed by atoms with E-state index in [1.54, 1.807) is 0 Å². The number of carbonyl (C=O) groups is 1. The first kappa shape index (κ1) is 17.1. The SMILES string of the molecule is CCCCCc1ccc(CCCCC2CCCOC2=O)cc1. The zero-order chi connectivity index (χ0) is 15.6. The van der Waals surface area contributed by atoms with Gasteiger partial charge in [-0.15, -0.1) is 0 Å². The van der Waals surface area contributed by atoms with E-state index in [4.69, 9.17) is 4.74 Å². The maximum absolute atomic E-state index is 11.6. The Labute approximate surface area is 135 Å². The molecule has 1 aromatic rings. The summed E-state index contributed by atoms with van der Waals surface area (Å²) in [6.07, 6.45) is 11.6. The molecule has 2 nitrogen and oxygen atoms in total. The van der Waals surface area contributed by atoms with Gasteiger partial charge in [-0.1, -0.05) is 50.5 Å². The van der Waals surface area contributed by atoms with Gasteiger partial charge in [-0.05, 0) is 56.1 Å². The molecule has 0 saturated carbocycles. The summed E-state index contributed by atoms with van der Waals surface area (Å²) in [5.74, 6) is 0.192. The summed E-state index contributed by atoms with van der Waals surface area (Å²) >= 11 is 0. The molecule has 0 spiro atoms. The normalized spacial score (nSPS) is 18.2. The third-order valence-electron chi connectivity index (χ3n) is 4.63. The Morgan fingerprint density at radius 2 is 1.64 bits per heavy atom. The predicted molar refractivity (Wildman–Crippen MR) is 90.9 cm³/mol. The van der Waals surface area contributed by atoms with Crippen LogP contribution in [-0.2, 0) is 22.4 Å². The van der Waals surface area contributed by atoms with E-state index in [0.717, 1.165) is 32.1 Å². The Balaban J connectivity index is 1.63. The van der Waals surface area contributed by atoms with Crippen LogP contribution in [0.2, 0.25) is 0 Å². The van der Waals surface area contributed by atoms with E-state index in [0.29, 0.717) is 6.61 Å². The lowest BCUT2D eigenvalue weighted by Gasteiger charge is -2.20. The number of cyclic esters (lactones) is 1. The molecule has 0 amide bonds. The summed E-state index contributed by atoms with van der Waals surface area (Å²) < 4.78 is 5.12. The minimum Gasteiger partial charge on any atom is -0.465 e. The Bertz CT molecular complexity index is 436. The first-order chi connectivity index (χ1) is 10.8. The number of unbranched alkanes of at least 4 members (excludes halogenated alkanes) is 3. The molecule has 1 aromatic carbocycles. The van der Waals surface area contributed by atoms with E-state index < -0.39 is 0 Å².